The smallest absolute Gasteiger partial charge is 0.282 e. The number of nitro groups is 1. The van der Waals surface area contributed by atoms with Gasteiger partial charge in [-0.05, 0) is 29.8 Å². The Morgan fingerprint density at radius 1 is 1.07 bits per heavy atom. The van der Waals surface area contributed by atoms with Crippen molar-refractivity contribution in [2.45, 2.75) is 6.54 Å². The number of hydrogen-bond acceptors (Lipinski definition) is 6. The van der Waals surface area contributed by atoms with Crippen molar-refractivity contribution in [3.63, 3.8) is 0 Å². The van der Waals surface area contributed by atoms with Gasteiger partial charge in [0.25, 0.3) is 11.6 Å². The summed E-state index contributed by atoms with van der Waals surface area (Å²) in [7, 11) is 3.19. The molecule has 0 spiro atoms. The van der Waals surface area contributed by atoms with Gasteiger partial charge in [0.2, 0.25) is 0 Å². The third-order valence-electron chi connectivity index (χ3n) is 4.90. The van der Waals surface area contributed by atoms with Crippen LogP contribution in [0.15, 0.2) is 36.4 Å². The predicted octanol–water partition coefficient (Wildman–Crippen LogP) is 3.22. The molecule has 0 radical (unpaired) electrons. The average molecular weight is 420 g/mol. The highest BCUT2D eigenvalue weighted by molar-refractivity contribution is 6.31. The van der Waals surface area contributed by atoms with Crippen LogP contribution in [0.2, 0.25) is 5.02 Å². The molecule has 0 saturated carbocycles. The van der Waals surface area contributed by atoms with Crippen LogP contribution in [0, 0.1) is 10.1 Å². The molecule has 1 heterocycles. The van der Waals surface area contributed by atoms with Crippen LogP contribution in [-0.4, -0.2) is 61.0 Å². The summed E-state index contributed by atoms with van der Waals surface area (Å²) in [6, 6.07) is 9.82. The third-order valence-corrected chi connectivity index (χ3v) is 5.13. The van der Waals surface area contributed by atoms with Gasteiger partial charge in [-0.15, -0.1) is 0 Å². The summed E-state index contributed by atoms with van der Waals surface area (Å²) >= 11 is 5.94. The number of benzene rings is 2. The number of carbonyl (C=O) groups excluding carboxylic acids is 1. The largest absolute Gasteiger partial charge is 0.493 e. The van der Waals surface area contributed by atoms with E-state index in [-0.39, 0.29) is 17.2 Å². The Morgan fingerprint density at radius 2 is 1.76 bits per heavy atom. The zero-order valence-corrected chi connectivity index (χ0v) is 17.0. The molecule has 154 valence electrons. The van der Waals surface area contributed by atoms with E-state index in [4.69, 9.17) is 21.1 Å². The highest BCUT2D eigenvalue weighted by Gasteiger charge is 2.28. The molecule has 8 nitrogen and oxygen atoms in total. The lowest BCUT2D eigenvalue weighted by Gasteiger charge is -2.34. The predicted molar refractivity (Wildman–Crippen MR) is 109 cm³/mol. The van der Waals surface area contributed by atoms with Gasteiger partial charge in [-0.25, -0.2) is 0 Å². The molecular formula is C20H22ClN3O5. The Labute approximate surface area is 173 Å². The molecule has 2 aromatic rings. The van der Waals surface area contributed by atoms with E-state index in [0.717, 1.165) is 5.56 Å². The summed E-state index contributed by atoms with van der Waals surface area (Å²) in [5.74, 6) is 0.979. The maximum atomic E-state index is 12.8. The average Bonchev–Trinajstić information content (AvgIpc) is 2.73. The van der Waals surface area contributed by atoms with Gasteiger partial charge in [0.1, 0.15) is 5.56 Å². The molecule has 2 aromatic carbocycles. The minimum Gasteiger partial charge on any atom is -0.493 e. The molecule has 3 rings (SSSR count). The van der Waals surface area contributed by atoms with Crippen molar-refractivity contribution >= 4 is 23.2 Å². The lowest BCUT2D eigenvalue weighted by molar-refractivity contribution is -0.385. The molecule has 1 saturated heterocycles. The number of nitro benzene ring substituents is 1. The molecule has 29 heavy (non-hydrogen) atoms. The van der Waals surface area contributed by atoms with Crippen LogP contribution in [-0.2, 0) is 6.54 Å². The monoisotopic (exact) mass is 419 g/mol. The molecule has 1 fully saturated rings. The molecule has 0 aliphatic carbocycles. The molecule has 1 amide bonds. The first-order valence-corrected chi connectivity index (χ1v) is 9.47. The number of piperazine rings is 1. The van der Waals surface area contributed by atoms with Crippen molar-refractivity contribution in [2.24, 2.45) is 0 Å². The highest BCUT2D eigenvalue weighted by Crippen LogP contribution is 2.28. The molecule has 0 atom stereocenters. The van der Waals surface area contributed by atoms with Crippen LogP contribution >= 0.6 is 11.6 Å². The van der Waals surface area contributed by atoms with Gasteiger partial charge in [0.05, 0.1) is 19.1 Å². The quantitative estimate of drug-likeness (QED) is 0.528. The van der Waals surface area contributed by atoms with Gasteiger partial charge in [-0.2, -0.15) is 0 Å². The molecule has 9 heteroatoms. The number of halogens is 1. The summed E-state index contributed by atoms with van der Waals surface area (Å²) in [6.45, 7) is 2.99. The second-order valence-electron chi connectivity index (χ2n) is 6.68. The fourth-order valence-electron chi connectivity index (χ4n) is 3.36. The Balaban J connectivity index is 1.64. The van der Waals surface area contributed by atoms with Gasteiger partial charge in [0.15, 0.2) is 11.5 Å². The second-order valence-corrected chi connectivity index (χ2v) is 7.11. The van der Waals surface area contributed by atoms with E-state index in [2.05, 4.69) is 4.90 Å². The number of ether oxygens (including phenoxy) is 2. The Kier molecular flexibility index (Phi) is 6.56. The summed E-state index contributed by atoms with van der Waals surface area (Å²) in [4.78, 5) is 27.3. The van der Waals surface area contributed by atoms with Crippen LogP contribution in [0.1, 0.15) is 15.9 Å². The highest BCUT2D eigenvalue weighted by atomic mass is 35.5. The summed E-state index contributed by atoms with van der Waals surface area (Å²) in [6.07, 6.45) is 0. The first kappa shape index (κ1) is 20.9. The van der Waals surface area contributed by atoms with Crippen LogP contribution < -0.4 is 9.47 Å². The maximum absolute atomic E-state index is 12.8. The normalized spacial score (nSPS) is 14.5. The van der Waals surface area contributed by atoms with E-state index >= 15 is 0 Å². The van der Waals surface area contributed by atoms with Crippen molar-refractivity contribution < 1.29 is 19.2 Å². The molecule has 1 aliphatic rings. The van der Waals surface area contributed by atoms with E-state index < -0.39 is 4.92 Å². The summed E-state index contributed by atoms with van der Waals surface area (Å²) < 4.78 is 10.6. The van der Waals surface area contributed by atoms with Crippen molar-refractivity contribution in [1.82, 2.24) is 9.80 Å². The molecule has 0 aromatic heterocycles. The molecule has 0 unspecified atom stereocenters. The van der Waals surface area contributed by atoms with Crippen molar-refractivity contribution in [3.05, 3.63) is 62.7 Å². The number of carbonyl (C=O) groups is 1. The second kappa shape index (κ2) is 9.11. The van der Waals surface area contributed by atoms with Crippen LogP contribution in [0.25, 0.3) is 0 Å². The van der Waals surface area contributed by atoms with Crippen molar-refractivity contribution in [2.75, 3.05) is 40.4 Å². The molecule has 1 aliphatic heterocycles. The minimum absolute atomic E-state index is 0.0239. The van der Waals surface area contributed by atoms with Crippen molar-refractivity contribution in [1.29, 1.82) is 0 Å². The summed E-state index contributed by atoms with van der Waals surface area (Å²) in [5, 5.41) is 11.5. The van der Waals surface area contributed by atoms with Gasteiger partial charge < -0.3 is 14.4 Å². The number of rotatable bonds is 6. The Hall–Kier alpha value is -2.84. The van der Waals surface area contributed by atoms with E-state index in [1.54, 1.807) is 19.1 Å². The molecular weight excluding hydrogens is 398 g/mol. The fraction of sp³-hybridized carbons (Fsp3) is 0.350. The molecule has 0 bridgehead atoms. The van der Waals surface area contributed by atoms with Gasteiger partial charge >= 0.3 is 0 Å². The van der Waals surface area contributed by atoms with Gasteiger partial charge in [-0.3, -0.25) is 19.8 Å². The van der Waals surface area contributed by atoms with Crippen LogP contribution in [0.5, 0.6) is 11.5 Å². The minimum atomic E-state index is -0.559. The number of hydrogen-bond donors (Lipinski definition) is 0. The number of nitrogens with zero attached hydrogens (tertiary/aromatic N) is 3. The summed E-state index contributed by atoms with van der Waals surface area (Å²) in [5.41, 5.74) is 0.871. The van der Waals surface area contributed by atoms with E-state index in [9.17, 15) is 14.9 Å². The van der Waals surface area contributed by atoms with E-state index in [1.165, 1.54) is 18.2 Å². The number of amides is 1. The van der Waals surface area contributed by atoms with Crippen LogP contribution in [0.4, 0.5) is 5.69 Å². The zero-order valence-electron chi connectivity index (χ0n) is 16.3. The fourth-order valence-corrected chi connectivity index (χ4v) is 3.53. The van der Waals surface area contributed by atoms with Gasteiger partial charge in [-0.1, -0.05) is 17.7 Å². The zero-order chi connectivity index (χ0) is 21.0. The van der Waals surface area contributed by atoms with Crippen molar-refractivity contribution in [3.8, 4) is 11.5 Å². The third kappa shape index (κ3) is 4.78. The number of methoxy groups -OCH3 is 2. The Bertz CT molecular complexity index is 913. The van der Waals surface area contributed by atoms with Gasteiger partial charge in [0, 0.05) is 43.8 Å². The Morgan fingerprint density at radius 3 is 2.38 bits per heavy atom. The first-order valence-electron chi connectivity index (χ1n) is 9.09. The topological polar surface area (TPSA) is 85.2 Å². The van der Waals surface area contributed by atoms with Crippen LogP contribution in [0.3, 0.4) is 0 Å². The SMILES string of the molecule is COc1ccc(CN2CCN(C(=O)c3cc(Cl)ccc3[N+](=O)[O-])CC2)cc1OC. The first-order chi connectivity index (χ1) is 13.9. The van der Waals surface area contributed by atoms with E-state index in [1.807, 2.05) is 18.2 Å². The maximum Gasteiger partial charge on any atom is 0.282 e. The lowest BCUT2D eigenvalue weighted by Crippen LogP contribution is -2.48. The van der Waals surface area contributed by atoms with E-state index in [0.29, 0.717) is 49.2 Å². The lowest BCUT2D eigenvalue weighted by atomic mass is 10.1. The standard InChI is InChI=1S/C20H22ClN3O5/c1-28-18-6-3-14(11-19(18)29-2)13-22-7-9-23(10-8-22)20(25)16-12-15(21)4-5-17(16)24(26)27/h3-6,11-12H,7-10,13H2,1-2H3. The molecule has 0 N–H and O–H groups in total.